The van der Waals surface area contributed by atoms with E-state index in [9.17, 15) is 9.18 Å². The maximum Gasteiger partial charge on any atom is 0.166 e. The molecule has 0 atom stereocenters. The van der Waals surface area contributed by atoms with Crippen molar-refractivity contribution < 1.29 is 9.18 Å². The van der Waals surface area contributed by atoms with Gasteiger partial charge in [0.1, 0.15) is 5.82 Å². The van der Waals surface area contributed by atoms with Crippen molar-refractivity contribution in [2.75, 3.05) is 0 Å². The largest absolute Gasteiger partial charge is 0.328 e. The number of rotatable bonds is 2. The number of nitrogens with two attached hydrogens (primary N) is 1. The molecule has 2 nitrogen and oxygen atoms in total. The van der Waals surface area contributed by atoms with E-state index in [4.69, 9.17) is 5.73 Å². The Kier molecular flexibility index (Phi) is 2.57. The van der Waals surface area contributed by atoms with Gasteiger partial charge in [0.25, 0.3) is 0 Å². The predicted molar refractivity (Wildman–Crippen MR) is 56.2 cm³/mol. The predicted octanol–water partition coefficient (Wildman–Crippen LogP) is 2.05. The SMILES string of the molecule is Cc1cc(C(=O)C2CC(N)C2)ccc1F. The zero-order chi connectivity index (χ0) is 11.0. The first kappa shape index (κ1) is 10.3. The van der Waals surface area contributed by atoms with E-state index in [-0.39, 0.29) is 23.6 Å². The van der Waals surface area contributed by atoms with Gasteiger partial charge in [-0.3, -0.25) is 4.79 Å². The van der Waals surface area contributed by atoms with Crippen molar-refractivity contribution in [2.24, 2.45) is 11.7 Å². The minimum absolute atomic E-state index is 0.0462. The second kappa shape index (κ2) is 3.74. The monoisotopic (exact) mass is 207 g/mol. The van der Waals surface area contributed by atoms with E-state index in [1.807, 2.05) is 0 Å². The number of ketones is 1. The molecule has 0 spiro atoms. The first-order valence-corrected chi connectivity index (χ1v) is 5.14. The maximum atomic E-state index is 13.0. The van der Waals surface area contributed by atoms with Gasteiger partial charge in [-0.25, -0.2) is 4.39 Å². The van der Waals surface area contributed by atoms with Crippen molar-refractivity contribution in [1.29, 1.82) is 0 Å². The summed E-state index contributed by atoms with van der Waals surface area (Å²) in [6.07, 6.45) is 1.52. The number of benzene rings is 1. The van der Waals surface area contributed by atoms with Crippen LogP contribution in [-0.4, -0.2) is 11.8 Å². The molecule has 0 aliphatic heterocycles. The van der Waals surface area contributed by atoms with Gasteiger partial charge in [-0.1, -0.05) is 0 Å². The van der Waals surface area contributed by atoms with Gasteiger partial charge in [-0.05, 0) is 43.5 Å². The summed E-state index contributed by atoms with van der Waals surface area (Å²) >= 11 is 0. The number of halogens is 1. The maximum absolute atomic E-state index is 13.0. The molecule has 1 aliphatic carbocycles. The summed E-state index contributed by atoms with van der Waals surface area (Å²) in [4.78, 5) is 11.9. The van der Waals surface area contributed by atoms with E-state index >= 15 is 0 Å². The van der Waals surface area contributed by atoms with E-state index < -0.39 is 0 Å². The summed E-state index contributed by atoms with van der Waals surface area (Å²) in [5.41, 5.74) is 6.75. The van der Waals surface area contributed by atoms with E-state index in [2.05, 4.69) is 0 Å². The summed E-state index contributed by atoms with van der Waals surface area (Å²) in [6, 6.07) is 4.68. The lowest BCUT2D eigenvalue weighted by atomic mass is 9.76. The Morgan fingerprint density at radius 2 is 2.13 bits per heavy atom. The fourth-order valence-electron chi connectivity index (χ4n) is 1.91. The van der Waals surface area contributed by atoms with Crippen LogP contribution in [0.3, 0.4) is 0 Å². The highest BCUT2D eigenvalue weighted by molar-refractivity contribution is 5.98. The van der Waals surface area contributed by atoms with Crippen molar-refractivity contribution in [3.63, 3.8) is 0 Å². The highest BCUT2D eigenvalue weighted by Crippen LogP contribution is 2.29. The average Bonchev–Trinajstić information content (AvgIpc) is 2.16. The van der Waals surface area contributed by atoms with Crippen LogP contribution in [0.4, 0.5) is 4.39 Å². The molecule has 1 aromatic carbocycles. The van der Waals surface area contributed by atoms with Crippen LogP contribution in [0, 0.1) is 18.7 Å². The molecular weight excluding hydrogens is 193 g/mol. The number of carbonyl (C=O) groups is 1. The number of hydrogen-bond acceptors (Lipinski definition) is 2. The number of aryl methyl sites for hydroxylation is 1. The fourth-order valence-corrected chi connectivity index (χ4v) is 1.91. The molecular formula is C12H14FNO. The minimum Gasteiger partial charge on any atom is -0.328 e. The Bertz CT molecular complexity index is 397. The van der Waals surface area contributed by atoms with Crippen LogP contribution in [0.2, 0.25) is 0 Å². The van der Waals surface area contributed by atoms with Gasteiger partial charge in [0.05, 0.1) is 0 Å². The molecule has 0 aromatic heterocycles. The van der Waals surface area contributed by atoms with Crippen LogP contribution >= 0.6 is 0 Å². The van der Waals surface area contributed by atoms with Gasteiger partial charge >= 0.3 is 0 Å². The minimum atomic E-state index is -0.267. The van der Waals surface area contributed by atoms with Crippen molar-refractivity contribution in [2.45, 2.75) is 25.8 Å². The third-order valence-electron chi connectivity index (χ3n) is 2.99. The highest BCUT2D eigenvalue weighted by atomic mass is 19.1. The molecule has 2 N–H and O–H groups in total. The van der Waals surface area contributed by atoms with E-state index in [0.717, 1.165) is 12.8 Å². The Morgan fingerprint density at radius 3 is 2.67 bits per heavy atom. The van der Waals surface area contributed by atoms with Crippen LogP contribution in [-0.2, 0) is 0 Å². The molecule has 0 radical (unpaired) electrons. The lowest BCUT2D eigenvalue weighted by Gasteiger charge is -2.31. The second-order valence-corrected chi connectivity index (χ2v) is 4.26. The summed E-state index contributed by atoms with van der Waals surface area (Å²) in [7, 11) is 0. The molecule has 3 heteroatoms. The van der Waals surface area contributed by atoms with Crippen LogP contribution in [0.15, 0.2) is 18.2 Å². The summed E-state index contributed by atoms with van der Waals surface area (Å²) in [6.45, 7) is 1.67. The molecule has 1 aliphatic rings. The zero-order valence-electron chi connectivity index (χ0n) is 8.66. The van der Waals surface area contributed by atoms with Gasteiger partial charge in [0, 0.05) is 17.5 Å². The van der Waals surface area contributed by atoms with E-state index in [1.54, 1.807) is 19.1 Å². The topological polar surface area (TPSA) is 43.1 Å². The smallest absolute Gasteiger partial charge is 0.166 e. The Labute approximate surface area is 88.3 Å². The van der Waals surface area contributed by atoms with Gasteiger partial charge in [0.15, 0.2) is 5.78 Å². The third kappa shape index (κ3) is 1.92. The molecule has 0 bridgehead atoms. The molecule has 0 amide bonds. The third-order valence-corrected chi connectivity index (χ3v) is 2.99. The summed E-state index contributed by atoms with van der Waals surface area (Å²) in [5.74, 6) is -0.124. The van der Waals surface area contributed by atoms with Gasteiger partial charge in [-0.15, -0.1) is 0 Å². The van der Waals surface area contributed by atoms with Crippen molar-refractivity contribution in [1.82, 2.24) is 0 Å². The lowest BCUT2D eigenvalue weighted by molar-refractivity contribution is 0.0832. The van der Waals surface area contributed by atoms with Gasteiger partial charge < -0.3 is 5.73 Å². The van der Waals surface area contributed by atoms with Crippen LogP contribution in [0.5, 0.6) is 0 Å². The van der Waals surface area contributed by atoms with Crippen LogP contribution in [0.25, 0.3) is 0 Å². The fraction of sp³-hybridized carbons (Fsp3) is 0.417. The normalized spacial score (nSPS) is 24.7. The number of hydrogen-bond donors (Lipinski definition) is 1. The molecule has 1 aromatic rings. The lowest BCUT2D eigenvalue weighted by Crippen LogP contribution is -2.40. The summed E-state index contributed by atoms with van der Waals surface area (Å²) < 4.78 is 13.0. The molecule has 0 unspecified atom stereocenters. The molecule has 2 rings (SSSR count). The quantitative estimate of drug-likeness (QED) is 0.754. The first-order valence-electron chi connectivity index (χ1n) is 5.14. The second-order valence-electron chi connectivity index (χ2n) is 4.26. The molecule has 15 heavy (non-hydrogen) atoms. The number of carbonyl (C=O) groups excluding carboxylic acids is 1. The van der Waals surface area contributed by atoms with Crippen molar-refractivity contribution >= 4 is 5.78 Å². The first-order chi connectivity index (χ1) is 7.08. The van der Waals surface area contributed by atoms with Gasteiger partial charge in [0.2, 0.25) is 0 Å². The highest BCUT2D eigenvalue weighted by Gasteiger charge is 2.32. The standard InChI is InChI=1S/C12H14FNO/c1-7-4-8(2-3-11(7)13)12(15)9-5-10(14)6-9/h2-4,9-10H,5-6,14H2,1H3. The Hall–Kier alpha value is -1.22. The molecule has 1 fully saturated rings. The van der Waals surface area contributed by atoms with Gasteiger partial charge in [-0.2, -0.15) is 0 Å². The van der Waals surface area contributed by atoms with Crippen LogP contribution in [0.1, 0.15) is 28.8 Å². The zero-order valence-corrected chi connectivity index (χ0v) is 8.66. The average molecular weight is 207 g/mol. The molecule has 1 saturated carbocycles. The summed E-state index contributed by atoms with van der Waals surface area (Å²) in [5, 5.41) is 0. The Morgan fingerprint density at radius 1 is 1.47 bits per heavy atom. The van der Waals surface area contributed by atoms with Crippen LogP contribution < -0.4 is 5.73 Å². The Balaban J connectivity index is 2.16. The molecule has 80 valence electrons. The van der Waals surface area contributed by atoms with E-state index in [0.29, 0.717) is 11.1 Å². The van der Waals surface area contributed by atoms with E-state index in [1.165, 1.54) is 6.07 Å². The van der Waals surface area contributed by atoms with Crippen molar-refractivity contribution in [3.8, 4) is 0 Å². The number of Topliss-reactive ketones (excluding diaryl/α,β-unsaturated/α-hetero) is 1. The van der Waals surface area contributed by atoms with Crippen molar-refractivity contribution in [3.05, 3.63) is 35.1 Å². The molecule has 0 saturated heterocycles. The molecule has 0 heterocycles.